The summed E-state index contributed by atoms with van der Waals surface area (Å²) in [6.45, 7) is 4.94. The van der Waals surface area contributed by atoms with Gasteiger partial charge in [0.2, 0.25) is 0 Å². The molecule has 1 heterocycles. The van der Waals surface area contributed by atoms with E-state index in [4.69, 9.17) is 21.1 Å². The van der Waals surface area contributed by atoms with Crippen LogP contribution in [0.15, 0.2) is 30.3 Å². The SMILES string of the molecule is Cc1ccc(NC(=O)c2cc(Cl)c3c(c2)OCCO3)cc1C. The zero-order valence-electron chi connectivity index (χ0n) is 12.4. The van der Waals surface area contributed by atoms with Gasteiger partial charge in [0.25, 0.3) is 5.91 Å². The molecule has 0 aliphatic carbocycles. The van der Waals surface area contributed by atoms with E-state index >= 15 is 0 Å². The van der Waals surface area contributed by atoms with E-state index in [0.29, 0.717) is 35.3 Å². The van der Waals surface area contributed by atoms with Gasteiger partial charge in [0.1, 0.15) is 13.2 Å². The fourth-order valence-electron chi connectivity index (χ4n) is 2.26. The number of hydrogen-bond acceptors (Lipinski definition) is 3. The third kappa shape index (κ3) is 2.88. The van der Waals surface area contributed by atoms with Crippen LogP contribution in [0.1, 0.15) is 21.5 Å². The van der Waals surface area contributed by atoms with Crippen molar-refractivity contribution in [2.75, 3.05) is 18.5 Å². The molecule has 0 saturated carbocycles. The zero-order valence-corrected chi connectivity index (χ0v) is 13.2. The fraction of sp³-hybridized carbons (Fsp3) is 0.235. The van der Waals surface area contributed by atoms with Crippen molar-refractivity contribution in [3.63, 3.8) is 0 Å². The third-order valence-electron chi connectivity index (χ3n) is 3.62. The average molecular weight is 318 g/mol. The van der Waals surface area contributed by atoms with E-state index < -0.39 is 0 Å². The van der Waals surface area contributed by atoms with Crippen LogP contribution in [0.25, 0.3) is 0 Å². The van der Waals surface area contributed by atoms with Crippen LogP contribution in [0, 0.1) is 13.8 Å². The van der Waals surface area contributed by atoms with Crippen LogP contribution in [0.5, 0.6) is 11.5 Å². The average Bonchev–Trinajstić information content (AvgIpc) is 2.51. The lowest BCUT2D eigenvalue weighted by molar-refractivity contribution is 0.102. The Labute approximate surface area is 134 Å². The molecule has 2 aromatic rings. The molecule has 1 amide bonds. The summed E-state index contributed by atoms with van der Waals surface area (Å²) in [6, 6.07) is 9.02. The maximum atomic E-state index is 12.4. The molecule has 0 saturated heterocycles. The monoisotopic (exact) mass is 317 g/mol. The van der Waals surface area contributed by atoms with E-state index in [1.165, 1.54) is 5.56 Å². The Kier molecular flexibility index (Phi) is 3.94. The minimum absolute atomic E-state index is 0.234. The molecule has 4 nitrogen and oxygen atoms in total. The molecule has 5 heteroatoms. The quantitative estimate of drug-likeness (QED) is 0.911. The van der Waals surface area contributed by atoms with Crippen molar-refractivity contribution in [2.45, 2.75) is 13.8 Å². The lowest BCUT2D eigenvalue weighted by Gasteiger charge is -2.20. The highest BCUT2D eigenvalue weighted by atomic mass is 35.5. The number of anilines is 1. The standard InChI is InChI=1S/C17H16ClNO3/c1-10-3-4-13(7-11(10)2)19-17(20)12-8-14(18)16-15(9-12)21-5-6-22-16/h3-4,7-9H,5-6H2,1-2H3,(H,19,20). The van der Waals surface area contributed by atoms with Crippen LogP contribution in [-0.2, 0) is 0 Å². The number of fused-ring (bicyclic) bond motifs is 1. The van der Waals surface area contributed by atoms with Crippen molar-refractivity contribution < 1.29 is 14.3 Å². The first kappa shape index (κ1) is 14.7. The summed E-state index contributed by atoms with van der Waals surface area (Å²) in [7, 11) is 0. The van der Waals surface area contributed by atoms with Crippen molar-refractivity contribution in [3.8, 4) is 11.5 Å². The molecule has 3 rings (SSSR count). The summed E-state index contributed by atoms with van der Waals surface area (Å²) in [5.41, 5.74) is 3.49. The second kappa shape index (κ2) is 5.89. The molecular formula is C17H16ClNO3. The topological polar surface area (TPSA) is 47.6 Å². The smallest absolute Gasteiger partial charge is 0.255 e. The molecule has 1 aliphatic rings. The number of carbonyl (C=O) groups is 1. The van der Waals surface area contributed by atoms with Gasteiger partial charge in [0.15, 0.2) is 11.5 Å². The first-order valence-corrected chi connectivity index (χ1v) is 7.40. The van der Waals surface area contributed by atoms with Gasteiger partial charge in [-0.25, -0.2) is 0 Å². The summed E-state index contributed by atoms with van der Waals surface area (Å²) in [4.78, 5) is 12.4. The molecule has 0 fully saturated rings. The van der Waals surface area contributed by atoms with Gasteiger partial charge in [-0.2, -0.15) is 0 Å². The fourth-order valence-corrected chi connectivity index (χ4v) is 2.53. The van der Waals surface area contributed by atoms with Gasteiger partial charge >= 0.3 is 0 Å². The Morgan fingerprint density at radius 2 is 1.86 bits per heavy atom. The lowest BCUT2D eigenvalue weighted by atomic mass is 10.1. The van der Waals surface area contributed by atoms with Gasteiger partial charge in [-0.3, -0.25) is 4.79 Å². The van der Waals surface area contributed by atoms with Gasteiger partial charge in [-0.1, -0.05) is 17.7 Å². The minimum Gasteiger partial charge on any atom is -0.486 e. The number of benzene rings is 2. The Hall–Kier alpha value is -2.20. The van der Waals surface area contributed by atoms with Crippen LogP contribution < -0.4 is 14.8 Å². The van der Waals surface area contributed by atoms with E-state index in [1.54, 1.807) is 12.1 Å². The number of nitrogens with one attached hydrogen (secondary N) is 1. The van der Waals surface area contributed by atoms with E-state index in [9.17, 15) is 4.79 Å². The second-order valence-electron chi connectivity index (χ2n) is 5.24. The zero-order chi connectivity index (χ0) is 15.7. The number of aryl methyl sites for hydroxylation is 2. The highest BCUT2D eigenvalue weighted by Crippen LogP contribution is 2.38. The predicted octanol–water partition coefficient (Wildman–Crippen LogP) is 3.98. The van der Waals surface area contributed by atoms with Crippen molar-refractivity contribution in [1.29, 1.82) is 0 Å². The third-order valence-corrected chi connectivity index (χ3v) is 3.90. The second-order valence-corrected chi connectivity index (χ2v) is 5.64. The van der Waals surface area contributed by atoms with Crippen molar-refractivity contribution in [2.24, 2.45) is 0 Å². The number of ether oxygens (including phenoxy) is 2. The Balaban J connectivity index is 1.85. The van der Waals surface area contributed by atoms with Gasteiger partial charge in [-0.05, 0) is 49.2 Å². The summed E-state index contributed by atoms with van der Waals surface area (Å²) >= 11 is 6.16. The molecule has 0 bridgehead atoms. The van der Waals surface area contributed by atoms with Gasteiger partial charge in [0.05, 0.1) is 5.02 Å². The summed E-state index contributed by atoms with van der Waals surface area (Å²) < 4.78 is 10.9. The van der Waals surface area contributed by atoms with Gasteiger partial charge < -0.3 is 14.8 Å². The van der Waals surface area contributed by atoms with Crippen LogP contribution >= 0.6 is 11.6 Å². The molecule has 0 spiro atoms. The summed E-state index contributed by atoms with van der Waals surface area (Å²) in [5, 5.41) is 3.24. The van der Waals surface area contributed by atoms with Crippen LogP contribution in [0.4, 0.5) is 5.69 Å². The summed E-state index contributed by atoms with van der Waals surface area (Å²) in [5.74, 6) is 0.766. The van der Waals surface area contributed by atoms with Crippen LogP contribution in [0.3, 0.4) is 0 Å². The number of amides is 1. The van der Waals surface area contributed by atoms with E-state index in [-0.39, 0.29) is 5.91 Å². The number of carbonyl (C=O) groups excluding carboxylic acids is 1. The van der Waals surface area contributed by atoms with Crippen LogP contribution in [-0.4, -0.2) is 19.1 Å². The van der Waals surface area contributed by atoms with E-state index in [0.717, 1.165) is 11.3 Å². The maximum Gasteiger partial charge on any atom is 0.255 e. The first-order valence-electron chi connectivity index (χ1n) is 7.02. The molecule has 0 aromatic heterocycles. The molecular weight excluding hydrogens is 302 g/mol. The molecule has 114 valence electrons. The normalized spacial score (nSPS) is 12.9. The molecule has 1 aliphatic heterocycles. The van der Waals surface area contributed by atoms with Gasteiger partial charge in [-0.15, -0.1) is 0 Å². The largest absolute Gasteiger partial charge is 0.486 e. The molecule has 0 atom stereocenters. The highest BCUT2D eigenvalue weighted by molar-refractivity contribution is 6.32. The van der Waals surface area contributed by atoms with E-state index in [1.807, 2.05) is 32.0 Å². The summed E-state index contributed by atoms with van der Waals surface area (Å²) in [6.07, 6.45) is 0. The number of rotatable bonds is 2. The van der Waals surface area contributed by atoms with Crippen LogP contribution in [0.2, 0.25) is 5.02 Å². The van der Waals surface area contributed by atoms with E-state index in [2.05, 4.69) is 5.32 Å². The van der Waals surface area contributed by atoms with Crippen molar-refractivity contribution in [3.05, 3.63) is 52.0 Å². The Bertz CT molecular complexity index is 743. The first-order chi connectivity index (χ1) is 10.5. The molecule has 0 radical (unpaired) electrons. The Morgan fingerprint density at radius 1 is 1.09 bits per heavy atom. The van der Waals surface area contributed by atoms with Crippen molar-refractivity contribution >= 4 is 23.2 Å². The lowest BCUT2D eigenvalue weighted by Crippen LogP contribution is -2.17. The maximum absolute atomic E-state index is 12.4. The number of hydrogen-bond donors (Lipinski definition) is 1. The molecule has 1 N–H and O–H groups in total. The van der Waals surface area contributed by atoms with Gasteiger partial charge in [0, 0.05) is 11.3 Å². The Morgan fingerprint density at radius 3 is 2.64 bits per heavy atom. The molecule has 22 heavy (non-hydrogen) atoms. The minimum atomic E-state index is -0.234. The molecule has 0 unspecified atom stereocenters. The molecule has 2 aromatic carbocycles. The number of halogens is 1. The van der Waals surface area contributed by atoms with Crippen molar-refractivity contribution in [1.82, 2.24) is 0 Å². The highest BCUT2D eigenvalue weighted by Gasteiger charge is 2.19. The predicted molar refractivity (Wildman–Crippen MR) is 86.3 cm³/mol.